The maximum absolute atomic E-state index is 5.65. The number of nitrogens with one attached hydrogen (secondary N) is 1. The van der Waals surface area contributed by atoms with E-state index in [4.69, 9.17) is 4.74 Å². The van der Waals surface area contributed by atoms with Gasteiger partial charge in [-0.2, -0.15) is 0 Å². The van der Waals surface area contributed by atoms with Gasteiger partial charge in [0.25, 0.3) is 0 Å². The molecule has 19 heavy (non-hydrogen) atoms. The van der Waals surface area contributed by atoms with Crippen molar-refractivity contribution in [2.45, 2.75) is 45.3 Å². The molecule has 0 amide bonds. The van der Waals surface area contributed by atoms with Gasteiger partial charge in [-0.15, -0.1) is 11.3 Å². The number of hydrogen-bond acceptors (Lipinski definition) is 3. The molecule has 0 bridgehead atoms. The molecule has 1 fully saturated rings. The van der Waals surface area contributed by atoms with Crippen molar-refractivity contribution < 1.29 is 4.74 Å². The number of thiophene rings is 1. The van der Waals surface area contributed by atoms with Crippen LogP contribution in [0.1, 0.15) is 44.7 Å². The zero-order valence-corrected chi connectivity index (χ0v) is 15.4. The lowest BCUT2D eigenvalue weighted by atomic mass is 9.77. The highest BCUT2D eigenvalue weighted by molar-refractivity contribution is 9.12. The van der Waals surface area contributed by atoms with E-state index in [-0.39, 0.29) is 0 Å². The first-order valence-electron chi connectivity index (χ1n) is 6.93. The molecule has 2 nitrogen and oxygen atoms in total. The maximum atomic E-state index is 5.65. The minimum absolute atomic E-state index is 0.453. The van der Waals surface area contributed by atoms with Crippen molar-refractivity contribution in [3.8, 4) is 0 Å². The summed E-state index contributed by atoms with van der Waals surface area (Å²) < 4.78 is 8.08. The lowest BCUT2D eigenvalue weighted by Gasteiger charge is -2.37. The number of rotatable bonds is 7. The molecule has 1 saturated carbocycles. The average Bonchev–Trinajstić information content (AvgIpc) is 2.64. The number of halogens is 2. The molecule has 0 aromatic carbocycles. The minimum Gasteiger partial charge on any atom is -0.378 e. The fourth-order valence-electron chi connectivity index (χ4n) is 2.73. The molecule has 0 saturated heterocycles. The van der Waals surface area contributed by atoms with Crippen LogP contribution < -0.4 is 5.32 Å². The van der Waals surface area contributed by atoms with Crippen LogP contribution in [0, 0.1) is 5.92 Å². The van der Waals surface area contributed by atoms with Crippen LogP contribution in [0.25, 0.3) is 0 Å². The molecule has 2 rings (SSSR count). The Kier molecular flexibility index (Phi) is 6.34. The van der Waals surface area contributed by atoms with Gasteiger partial charge in [0, 0.05) is 12.6 Å². The fraction of sp³-hybridized carbons (Fsp3) is 0.714. The van der Waals surface area contributed by atoms with Crippen LogP contribution in [0.5, 0.6) is 0 Å². The van der Waals surface area contributed by atoms with Crippen LogP contribution >= 0.6 is 43.2 Å². The number of hydrogen-bond donors (Lipinski definition) is 1. The highest BCUT2D eigenvalue weighted by atomic mass is 79.9. The second kappa shape index (κ2) is 7.55. The summed E-state index contributed by atoms with van der Waals surface area (Å²) in [7, 11) is 0. The Bertz CT molecular complexity index is 404. The summed E-state index contributed by atoms with van der Waals surface area (Å²) in [5.74, 6) is 0.797. The first-order chi connectivity index (χ1) is 9.13. The van der Waals surface area contributed by atoms with Crippen molar-refractivity contribution in [1.29, 1.82) is 0 Å². The average molecular weight is 411 g/mol. The van der Waals surface area contributed by atoms with Crippen molar-refractivity contribution in [2.75, 3.05) is 13.2 Å². The summed E-state index contributed by atoms with van der Waals surface area (Å²) in [4.78, 5) is 0. The van der Waals surface area contributed by atoms with E-state index < -0.39 is 0 Å². The zero-order chi connectivity index (χ0) is 13.8. The van der Waals surface area contributed by atoms with Gasteiger partial charge in [-0.25, -0.2) is 0 Å². The summed E-state index contributed by atoms with van der Waals surface area (Å²) >= 11 is 9.00. The lowest BCUT2D eigenvalue weighted by molar-refractivity contribution is -0.0291. The molecular weight excluding hydrogens is 390 g/mol. The fourth-order valence-corrected chi connectivity index (χ4v) is 5.70. The van der Waals surface area contributed by atoms with Crippen LogP contribution in [0.2, 0.25) is 0 Å². The van der Waals surface area contributed by atoms with Crippen LogP contribution in [-0.2, 0) is 4.74 Å². The van der Waals surface area contributed by atoms with Gasteiger partial charge in [-0.3, -0.25) is 0 Å². The summed E-state index contributed by atoms with van der Waals surface area (Å²) in [6, 6.07) is 2.69. The molecule has 1 atom stereocenters. The van der Waals surface area contributed by atoms with E-state index in [2.05, 4.69) is 57.1 Å². The third-order valence-corrected chi connectivity index (χ3v) is 6.06. The normalized spacial score (nSPS) is 24.2. The summed E-state index contributed by atoms with van der Waals surface area (Å²) in [5.41, 5.74) is 1.39. The van der Waals surface area contributed by atoms with Crippen LogP contribution in [-0.4, -0.2) is 19.3 Å². The Balaban J connectivity index is 1.92. The van der Waals surface area contributed by atoms with Gasteiger partial charge >= 0.3 is 0 Å². The molecular formula is C14H21Br2NOS. The molecule has 0 aliphatic heterocycles. The summed E-state index contributed by atoms with van der Waals surface area (Å²) in [6.45, 7) is 6.10. The van der Waals surface area contributed by atoms with E-state index in [9.17, 15) is 0 Å². The maximum Gasteiger partial charge on any atom is 0.0758 e. The van der Waals surface area contributed by atoms with E-state index in [0.717, 1.165) is 19.1 Å². The molecule has 1 aromatic rings. The topological polar surface area (TPSA) is 21.3 Å². The largest absolute Gasteiger partial charge is 0.378 e. The first kappa shape index (κ1) is 16.0. The van der Waals surface area contributed by atoms with E-state index >= 15 is 0 Å². The Hall–Kier alpha value is 0.580. The zero-order valence-electron chi connectivity index (χ0n) is 11.4. The molecule has 5 heteroatoms. The lowest BCUT2D eigenvalue weighted by Crippen LogP contribution is -2.34. The van der Waals surface area contributed by atoms with Gasteiger partial charge in [-0.05, 0) is 82.1 Å². The van der Waals surface area contributed by atoms with Gasteiger partial charge in [-0.1, -0.05) is 6.92 Å². The molecule has 1 N–H and O–H groups in total. The highest BCUT2D eigenvalue weighted by Crippen LogP contribution is 2.41. The van der Waals surface area contributed by atoms with Crippen molar-refractivity contribution in [2.24, 2.45) is 5.92 Å². The third-order valence-electron chi connectivity index (χ3n) is 3.67. The van der Waals surface area contributed by atoms with E-state index in [1.54, 1.807) is 11.3 Å². The van der Waals surface area contributed by atoms with Crippen LogP contribution in [0.15, 0.2) is 13.6 Å². The first-order valence-corrected chi connectivity index (χ1v) is 9.34. The Labute approximate surface area is 136 Å². The van der Waals surface area contributed by atoms with Crippen LogP contribution in [0.3, 0.4) is 0 Å². The van der Waals surface area contributed by atoms with E-state index in [1.807, 2.05) is 0 Å². The smallest absolute Gasteiger partial charge is 0.0758 e. The Morgan fingerprint density at radius 2 is 2.16 bits per heavy atom. The Morgan fingerprint density at radius 3 is 2.68 bits per heavy atom. The quantitative estimate of drug-likeness (QED) is 0.672. The molecule has 1 aromatic heterocycles. The van der Waals surface area contributed by atoms with Gasteiger partial charge in [0.2, 0.25) is 0 Å². The molecule has 1 aliphatic rings. The van der Waals surface area contributed by atoms with Crippen LogP contribution in [0.4, 0.5) is 0 Å². The van der Waals surface area contributed by atoms with E-state index in [0.29, 0.717) is 12.1 Å². The van der Waals surface area contributed by atoms with Gasteiger partial charge in [0.05, 0.1) is 13.7 Å². The predicted molar refractivity (Wildman–Crippen MR) is 88.9 cm³/mol. The molecule has 0 radical (unpaired) electrons. The van der Waals surface area contributed by atoms with Crippen molar-refractivity contribution in [3.05, 3.63) is 19.2 Å². The molecule has 1 heterocycles. The van der Waals surface area contributed by atoms with Gasteiger partial charge in [0.1, 0.15) is 0 Å². The third kappa shape index (κ3) is 4.27. The number of ether oxygens (including phenoxy) is 1. The van der Waals surface area contributed by atoms with Crippen molar-refractivity contribution >= 4 is 43.2 Å². The van der Waals surface area contributed by atoms with Crippen molar-refractivity contribution in [1.82, 2.24) is 5.32 Å². The predicted octanol–water partition coefficient (Wildman–Crippen LogP) is 5.13. The monoisotopic (exact) mass is 409 g/mol. The molecule has 1 unspecified atom stereocenters. The molecule has 0 spiro atoms. The van der Waals surface area contributed by atoms with Crippen molar-refractivity contribution in [3.63, 3.8) is 0 Å². The minimum atomic E-state index is 0.453. The summed E-state index contributed by atoms with van der Waals surface area (Å²) in [5, 5.41) is 3.61. The standard InChI is InChI=1S/C14H21Br2NOS/c1-3-17-12(11-8-13(15)19-14(11)16)7-9-5-10(6-9)18-4-2/h8-10,12,17H,3-7H2,1-2H3. The molecule has 108 valence electrons. The SMILES string of the molecule is CCNC(CC1CC(OCC)C1)c1cc(Br)sc1Br. The molecule has 1 aliphatic carbocycles. The Morgan fingerprint density at radius 1 is 1.42 bits per heavy atom. The second-order valence-corrected chi connectivity index (χ2v) is 8.79. The van der Waals surface area contributed by atoms with E-state index in [1.165, 1.54) is 32.4 Å². The van der Waals surface area contributed by atoms with Gasteiger partial charge < -0.3 is 10.1 Å². The highest BCUT2D eigenvalue weighted by Gasteiger charge is 2.32. The van der Waals surface area contributed by atoms with Gasteiger partial charge in [0.15, 0.2) is 0 Å². The summed E-state index contributed by atoms with van der Waals surface area (Å²) in [6.07, 6.45) is 4.16. The second-order valence-electron chi connectivity index (χ2n) is 5.04.